The third kappa shape index (κ3) is 2.24. The molecule has 0 aromatic heterocycles. The Bertz CT molecular complexity index is 193. The first-order chi connectivity index (χ1) is 4.83. The Morgan fingerprint density at radius 2 is 1.90 bits per heavy atom. The Morgan fingerprint density at radius 1 is 1.30 bits per heavy atom. The molecule has 0 bridgehead atoms. The topological polar surface area (TPSA) is 0 Å². The van der Waals surface area contributed by atoms with E-state index in [0.717, 1.165) is 5.75 Å². The summed E-state index contributed by atoms with van der Waals surface area (Å²) in [6.45, 7) is 2.08. The van der Waals surface area contributed by atoms with E-state index in [1.807, 2.05) is 0 Å². The van der Waals surface area contributed by atoms with Crippen LogP contribution in [0.25, 0.3) is 0 Å². The van der Waals surface area contributed by atoms with E-state index in [1.54, 1.807) is 0 Å². The van der Waals surface area contributed by atoms with Gasteiger partial charge in [0.1, 0.15) is 0 Å². The molecule has 0 radical (unpaired) electrons. The lowest BCUT2D eigenvalue weighted by Crippen LogP contribution is -1.77. The molecule has 0 aliphatic heterocycles. The van der Waals surface area contributed by atoms with Gasteiger partial charge < -0.3 is 0 Å². The molecule has 10 heavy (non-hydrogen) atoms. The van der Waals surface area contributed by atoms with E-state index >= 15 is 0 Å². The van der Waals surface area contributed by atoms with Gasteiger partial charge in [-0.1, -0.05) is 40.8 Å². The minimum atomic E-state index is 0.891. The SMILES string of the molecule is Cc1ccc(CSCl)cc1. The minimum absolute atomic E-state index is 0.891. The summed E-state index contributed by atoms with van der Waals surface area (Å²) < 4.78 is 0. The van der Waals surface area contributed by atoms with Crippen molar-refractivity contribution < 1.29 is 0 Å². The number of rotatable bonds is 2. The van der Waals surface area contributed by atoms with Gasteiger partial charge in [0.15, 0.2) is 0 Å². The van der Waals surface area contributed by atoms with Gasteiger partial charge >= 0.3 is 0 Å². The summed E-state index contributed by atoms with van der Waals surface area (Å²) in [6, 6.07) is 8.40. The maximum Gasteiger partial charge on any atom is 0.0336 e. The van der Waals surface area contributed by atoms with Crippen LogP contribution in [0.1, 0.15) is 11.1 Å². The van der Waals surface area contributed by atoms with Gasteiger partial charge in [-0.05, 0) is 23.2 Å². The first-order valence-corrected chi connectivity index (χ1v) is 4.93. The van der Waals surface area contributed by atoms with Gasteiger partial charge in [0.2, 0.25) is 0 Å². The number of benzene rings is 1. The molecule has 0 spiro atoms. The van der Waals surface area contributed by atoms with Gasteiger partial charge in [0, 0.05) is 5.75 Å². The molecular weight excluding hydrogens is 164 g/mol. The predicted molar refractivity (Wildman–Crippen MR) is 48.3 cm³/mol. The van der Waals surface area contributed by atoms with Crippen molar-refractivity contribution in [2.24, 2.45) is 0 Å². The van der Waals surface area contributed by atoms with Crippen LogP contribution in [0.3, 0.4) is 0 Å². The first-order valence-electron chi connectivity index (χ1n) is 3.12. The fraction of sp³-hybridized carbons (Fsp3) is 0.250. The van der Waals surface area contributed by atoms with Crippen LogP contribution < -0.4 is 0 Å². The molecule has 0 atom stereocenters. The molecular formula is C8H9ClS. The normalized spacial score (nSPS) is 9.80. The Balaban J connectivity index is 2.69. The van der Waals surface area contributed by atoms with Crippen LogP contribution in [0.5, 0.6) is 0 Å². The van der Waals surface area contributed by atoms with Crippen LogP contribution in [0, 0.1) is 6.92 Å². The predicted octanol–water partition coefficient (Wildman–Crippen LogP) is 3.38. The quantitative estimate of drug-likeness (QED) is 0.659. The van der Waals surface area contributed by atoms with Gasteiger partial charge in [0.25, 0.3) is 0 Å². The molecule has 0 unspecified atom stereocenters. The third-order valence-electron chi connectivity index (χ3n) is 1.34. The zero-order chi connectivity index (χ0) is 7.40. The Morgan fingerprint density at radius 3 is 2.40 bits per heavy atom. The molecule has 1 aromatic carbocycles. The fourth-order valence-corrected chi connectivity index (χ4v) is 1.44. The van der Waals surface area contributed by atoms with Crippen molar-refractivity contribution in [3.63, 3.8) is 0 Å². The monoisotopic (exact) mass is 172 g/mol. The average molecular weight is 173 g/mol. The van der Waals surface area contributed by atoms with Crippen LogP contribution in [-0.2, 0) is 5.75 Å². The lowest BCUT2D eigenvalue weighted by Gasteiger charge is -1.95. The molecule has 0 saturated heterocycles. The van der Waals surface area contributed by atoms with Gasteiger partial charge in [0.05, 0.1) is 0 Å². The zero-order valence-corrected chi connectivity index (χ0v) is 7.38. The number of halogens is 1. The highest BCUT2D eigenvalue weighted by Crippen LogP contribution is 2.15. The van der Waals surface area contributed by atoms with Gasteiger partial charge in [-0.3, -0.25) is 0 Å². The Kier molecular flexibility index (Phi) is 3.10. The van der Waals surface area contributed by atoms with Crippen molar-refractivity contribution >= 4 is 21.7 Å². The summed E-state index contributed by atoms with van der Waals surface area (Å²) in [7, 11) is 6.83. The van der Waals surface area contributed by atoms with Crippen LogP contribution in [0.4, 0.5) is 0 Å². The van der Waals surface area contributed by atoms with Crippen LogP contribution in [0.15, 0.2) is 24.3 Å². The molecule has 2 heteroatoms. The van der Waals surface area contributed by atoms with Crippen molar-refractivity contribution in [2.45, 2.75) is 12.7 Å². The molecule has 1 aromatic rings. The summed E-state index contributed by atoms with van der Waals surface area (Å²) in [6.07, 6.45) is 0. The molecule has 0 amide bonds. The van der Waals surface area contributed by atoms with E-state index in [2.05, 4.69) is 31.2 Å². The summed E-state index contributed by atoms with van der Waals surface area (Å²) >= 11 is 0. The molecule has 0 aliphatic rings. The van der Waals surface area contributed by atoms with Crippen LogP contribution in [-0.4, -0.2) is 0 Å². The number of aryl methyl sites for hydroxylation is 1. The minimum Gasteiger partial charge on any atom is -0.0590 e. The van der Waals surface area contributed by atoms with E-state index in [1.165, 1.54) is 22.1 Å². The van der Waals surface area contributed by atoms with Crippen LogP contribution >= 0.6 is 21.7 Å². The number of hydrogen-bond acceptors (Lipinski definition) is 1. The third-order valence-corrected chi connectivity index (χ3v) is 2.11. The van der Waals surface area contributed by atoms with E-state index in [9.17, 15) is 0 Å². The second-order valence-electron chi connectivity index (χ2n) is 2.24. The van der Waals surface area contributed by atoms with Gasteiger partial charge in [-0.2, -0.15) is 0 Å². The Labute approximate surface area is 70.1 Å². The lowest BCUT2D eigenvalue weighted by atomic mass is 10.2. The van der Waals surface area contributed by atoms with E-state index in [0.29, 0.717) is 0 Å². The highest BCUT2D eigenvalue weighted by Gasteiger charge is 1.89. The standard InChI is InChI=1S/C8H9ClS/c1-7-2-4-8(5-3-7)6-10-9/h2-5H,6H2,1H3. The molecule has 0 fully saturated rings. The molecule has 54 valence electrons. The number of hydrogen-bond donors (Lipinski definition) is 0. The van der Waals surface area contributed by atoms with Gasteiger partial charge in [-0.15, -0.1) is 0 Å². The largest absolute Gasteiger partial charge is 0.0590 e. The molecule has 0 aliphatic carbocycles. The van der Waals surface area contributed by atoms with Crippen LogP contribution in [0.2, 0.25) is 0 Å². The average Bonchev–Trinajstić information content (AvgIpc) is 1.95. The first kappa shape index (κ1) is 7.96. The molecule has 0 N–H and O–H groups in total. The van der Waals surface area contributed by atoms with E-state index in [4.69, 9.17) is 10.7 Å². The van der Waals surface area contributed by atoms with Crippen molar-refractivity contribution in [1.82, 2.24) is 0 Å². The van der Waals surface area contributed by atoms with Gasteiger partial charge in [-0.25, -0.2) is 0 Å². The summed E-state index contributed by atoms with van der Waals surface area (Å²) in [5, 5.41) is 0. The molecule has 0 saturated carbocycles. The van der Waals surface area contributed by atoms with Crippen molar-refractivity contribution in [1.29, 1.82) is 0 Å². The maximum atomic E-state index is 5.49. The molecule has 0 heterocycles. The van der Waals surface area contributed by atoms with Crippen molar-refractivity contribution in [2.75, 3.05) is 0 Å². The van der Waals surface area contributed by atoms with E-state index in [-0.39, 0.29) is 0 Å². The lowest BCUT2D eigenvalue weighted by molar-refractivity contribution is 1.37. The molecule has 0 nitrogen and oxygen atoms in total. The van der Waals surface area contributed by atoms with E-state index < -0.39 is 0 Å². The maximum absolute atomic E-state index is 5.49. The Hall–Kier alpha value is -0.140. The summed E-state index contributed by atoms with van der Waals surface area (Å²) in [5.74, 6) is 0.891. The summed E-state index contributed by atoms with van der Waals surface area (Å²) in [4.78, 5) is 0. The second kappa shape index (κ2) is 3.89. The fourth-order valence-electron chi connectivity index (χ4n) is 0.747. The van der Waals surface area contributed by atoms with Crippen molar-refractivity contribution in [3.8, 4) is 0 Å². The second-order valence-corrected chi connectivity index (χ2v) is 3.40. The molecule has 1 rings (SSSR count). The summed E-state index contributed by atoms with van der Waals surface area (Å²) in [5.41, 5.74) is 2.58. The smallest absolute Gasteiger partial charge is 0.0336 e. The van der Waals surface area contributed by atoms with Crippen molar-refractivity contribution in [3.05, 3.63) is 35.4 Å². The highest BCUT2D eigenvalue weighted by molar-refractivity contribution is 8.20. The highest BCUT2D eigenvalue weighted by atomic mass is 35.7. The zero-order valence-electron chi connectivity index (χ0n) is 5.80.